The number of hydrogen-bond acceptors (Lipinski definition) is 27. The number of hydrogen-bond donors (Lipinski definition) is 16. The maximum atomic E-state index is 14.9. The van der Waals surface area contributed by atoms with E-state index in [0.717, 1.165) is 24.8 Å². The van der Waals surface area contributed by atoms with Crippen molar-refractivity contribution in [1.82, 2.24) is 0 Å². The van der Waals surface area contributed by atoms with Crippen LogP contribution >= 0.6 is 0 Å². The number of carbonyl (C=O) groups is 1. The van der Waals surface area contributed by atoms with Gasteiger partial charge in [0.2, 0.25) is 6.29 Å². The molecule has 35 atom stereocenters. The second-order valence-corrected chi connectivity index (χ2v) is 27.9. The number of aliphatic hydroxyl groups is 16. The Balaban J connectivity index is 0.865. The second-order valence-electron chi connectivity index (χ2n) is 27.9. The normalized spacial score (nSPS) is 54.3. The minimum Gasteiger partial charge on any atom is -0.432 e. The van der Waals surface area contributed by atoms with E-state index in [1.54, 1.807) is 0 Å². The van der Waals surface area contributed by atoms with Crippen molar-refractivity contribution >= 4 is 5.97 Å². The molecule has 16 N–H and O–H groups in total. The fraction of sp³-hybridized carbons (Fsp3) is 0.949. The number of carbonyl (C=O) groups excluding carboxylic acids is 1. The van der Waals surface area contributed by atoms with Crippen molar-refractivity contribution in [3.05, 3.63) is 11.6 Å². The van der Waals surface area contributed by atoms with Gasteiger partial charge < -0.3 is 129 Å². The van der Waals surface area contributed by atoms with Crippen LogP contribution in [0.1, 0.15) is 113 Å². The molecule has 27 nitrogen and oxygen atoms in total. The van der Waals surface area contributed by atoms with Gasteiger partial charge in [-0.3, -0.25) is 4.79 Å². The van der Waals surface area contributed by atoms with E-state index in [-0.39, 0.29) is 47.7 Å². The maximum Gasteiger partial charge on any atom is 0.314 e. The maximum absolute atomic E-state index is 14.9. The van der Waals surface area contributed by atoms with Crippen LogP contribution in [0.3, 0.4) is 0 Å². The summed E-state index contributed by atoms with van der Waals surface area (Å²) in [6, 6.07) is 0. The lowest BCUT2D eigenvalue weighted by Crippen LogP contribution is -2.66. The monoisotopic (exact) mass is 1240 g/mol. The molecule has 10 aliphatic rings. The molecule has 10 rings (SSSR count). The van der Waals surface area contributed by atoms with Crippen molar-refractivity contribution in [3.8, 4) is 0 Å². The Morgan fingerprint density at radius 2 is 1.10 bits per heavy atom. The van der Waals surface area contributed by atoms with Crippen LogP contribution in [0.15, 0.2) is 11.6 Å². The Morgan fingerprint density at radius 1 is 0.558 bits per heavy atom. The lowest BCUT2D eigenvalue weighted by Gasteiger charge is -2.64. The summed E-state index contributed by atoms with van der Waals surface area (Å²) in [6.45, 7) is 11.3. The first-order valence-corrected chi connectivity index (χ1v) is 30.8. The highest BCUT2D eigenvalue weighted by atomic mass is 16.8. The summed E-state index contributed by atoms with van der Waals surface area (Å²) in [5.74, 6) is -2.40. The molecule has 0 bridgehead atoms. The highest BCUT2D eigenvalue weighted by molar-refractivity contribution is 5.74. The van der Waals surface area contributed by atoms with Gasteiger partial charge >= 0.3 is 5.97 Å². The van der Waals surface area contributed by atoms with Crippen LogP contribution in [0, 0.1) is 50.7 Å². The summed E-state index contributed by atoms with van der Waals surface area (Å²) >= 11 is 0. The summed E-state index contributed by atoms with van der Waals surface area (Å²) in [5.41, 5.74) is -1.40. The summed E-state index contributed by atoms with van der Waals surface area (Å²) in [6.07, 6.45) is -32.0. The van der Waals surface area contributed by atoms with Crippen molar-refractivity contribution < 1.29 is 134 Å². The number of allylic oxidation sites excluding steroid dienone is 1. The summed E-state index contributed by atoms with van der Waals surface area (Å²) in [7, 11) is 0. The largest absolute Gasteiger partial charge is 0.432 e. The van der Waals surface area contributed by atoms with E-state index in [1.807, 2.05) is 26.8 Å². The zero-order valence-corrected chi connectivity index (χ0v) is 49.9. The molecule has 0 aromatic rings. The highest BCUT2D eigenvalue weighted by Crippen LogP contribution is 2.89. The Morgan fingerprint density at radius 3 is 1.74 bits per heavy atom. The third-order valence-corrected chi connectivity index (χ3v) is 23.2. The molecule has 5 aliphatic heterocycles. The molecular weight excluding hydrogens is 1140 g/mol. The van der Waals surface area contributed by atoms with Crippen molar-refractivity contribution in [2.45, 2.75) is 272 Å². The first-order chi connectivity index (χ1) is 40.4. The van der Waals surface area contributed by atoms with E-state index in [1.165, 1.54) is 13.8 Å². The minimum absolute atomic E-state index is 0.105. The molecule has 10 fully saturated rings. The van der Waals surface area contributed by atoms with Crippen LogP contribution in [-0.4, -0.2) is 274 Å². The van der Waals surface area contributed by atoms with Crippen LogP contribution in [0.2, 0.25) is 0 Å². The van der Waals surface area contributed by atoms with Gasteiger partial charge in [-0.1, -0.05) is 32.4 Å². The van der Waals surface area contributed by atoms with E-state index >= 15 is 0 Å². The van der Waals surface area contributed by atoms with Gasteiger partial charge in [-0.05, 0) is 131 Å². The molecule has 5 saturated heterocycles. The second kappa shape index (κ2) is 25.3. The Labute approximate surface area is 499 Å². The smallest absolute Gasteiger partial charge is 0.314 e. The fourth-order valence-electron chi connectivity index (χ4n) is 17.9. The standard InChI is InChI=1S/C59H96O27/c1-23(2)8-9-27(61)34(49(76)86-53-47(75)42(70)38(66)29(82-53)19-78-50-44(72)37(65)28(62)18-77-50)26-12-14-57(7)32-11-10-31-55(5,22-60)33(13-15-58(31)21-59(32,58)17-16-56(26,57)6)84-54-48(85-52-46(74)41(69)36(64)25(4)81-52)43(71)39(67)30(83-54)20-79-51-45(73)40(68)35(63)24(3)80-51/h8,24-48,50-54,60-75H,9-22H2,1-7H3/t24-,25-,26+,27?,28+,29+,30+,31-,32-,33-,34-,35-,36-,37-,38+,39+,40+,41+,42-,43-,44+,45+,46+,47+,48+,50-,51+,52-,53-,54-,55+,56+,57-,58+,59-/m0/s1. The van der Waals surface area contributed by atoms with Gasteiger partial charge in [0.25, 0.3) is 0 Å². The third kappa shape index (κ3) is 11.3. The zero-order valence-electron chi connectivity index (χ0n) is 49.9. The molecule has 0 aromatic carbocycles. The van der Waals surface area contributed by atoms with Crippen LogP contribution in [0.25, 0.3) is 0 Å². The number of ether oxygens (including phenoxy) is 10. The molecule has 5 aliphatic carbocycles. The first kappa shape index (κ1) is 67.1. The molecule has 5 heterocycles. The highest BCUT2D eigenvalue weighted by Gasteiger charge is 2.83. The lowest BCUT2D eigenvalue weighted by molar-refractivity contribution is -0.380. The Bertz CT molecular complexity index is 2370. The van der Waals surface area contributed by atoms with Gasteiger partial charge in [-0.2, -0.15) is 0 Å². The van der Waals surface area contributed by atoms with Gasteiger partial charge in [0.05, 0.1) is 56.8 Å². The van der Waals surface area contributed by atoms with Crippen LogP contribution in [-0.2, 0) is 52.2 Å². The van der Waals surface area contributed by atoms with E-state index in [2.05, 4.69) is 13.8 Å². The molecule has 0 amide bonds. The third-order valence-electron chi connectivity index (χ3n) is 23.2. The van der Waals surface area contributed by atoms with Gasteiger partial charge in [0.1, 0.15) is 104 Å². The van der Waals surface area contributed by atoms with Crippen molar-refractivity contribution in [3.63, 3.8) is 0 Å². The number of esters is 1. The lowest BCUT2D eigenvalue weighted by atomic mass is 9.41. The topological polar surface area (TPSA) is 433 Å². The minimum atomic E-state index is -1.92. The fourth-order valence-corrected chi connectivity index (χ4v) is 17.9. The van der Waals surface area contributed by atoms with Crippen LogP contribution in [0.5, 0.6) is 0 Å². The van der Waals surface area contributed by atoms with Crippen molar-refractivity contribution in [2.24, 2.45) is 50.7 Å². The van der Waals surface area contributed by atoms with Crippen LogP contribution in [0.4, 0.5) is 0 Å². The van der Waals surface area contributed by atoms with E-state index in [4.69, 9.17) is 47.4 Å². The van der Waals surface area contributed by atoms with Crippen LogP contribution < -0.4 is 0 Å². The van der Waals surface area contributed by atoms with Gasteiger partial charge in [0, 0.05) is 5.41 Å². The molecule has 27 heteroatoms. The Hall–Kier alpha value is -1.79. The molecule has 1 unspecified atom stereocenters. The quantitative estimate of drug-likeness (QED) is 0.0380. The van der Waals surface area contributed by atoms with Crippen molar-refractivity contribution in [1.29, 1.82) is 0 Å². The van der Waals surface area contributed by atoms with Crippen molar-refractivity contribution in [2.75, 3.05) is 26.4 Å². The van der Waals surface area contributed by atoms with Gasteiger partial charge in [0.15, 0.2) is 25.2 Å². The molecule has 86 heavy (non-hydrogen) atoms. The van der Waals surface area contributed by atoms with Gasteiger partial charge in [-0.25, -0.2) is 0 Å². The number of rotatable bonds is 17. The predicted octanol–water partition coefficient (Wildman–Crippen LogP) is -3.57. The SMILES string of the molecule is CC(C)=CCC(O)[C@@H](C(=O)O[C@@H]1O[C@H](CO[C@@H]2OC[C@@H](O)[C@H](O)[C@H]2O)[C@@H](O)[C@H](O)[C@H]1O)[C@H]1CC[C@@]2(C)[C@@H]3CC[C@H]4[C@@](C)(CO)[C@@H](O[C@@H]5O[C@H](CO[C@@H]6O[C@@H](C)[C@H](O)[C@@H](O)[C@H]6O)[C@@H](O)[C@H](O)[C@H]5O[C@@H]5O[C@@H](C)[C@H](O)[C@@H](O)[C@H]5O)CC[C@@]45C[C@@]35CC[C@]12C. The molecule has 0 radical (unpaired) electrons. The summed E-state index contributed by atoms with van der Waals surface area (Å²) < 4.78 is 59.4. The molecule has 494 valence electrons. The summed E-state index contributed by atoms with van der Waals surface area (Å²) in [5, 5.41) is 175. The Kier molecular flexibility index (Phi) is 19.7. The first-order valence-electron chi connectivity index (χ1n) is 30.8. The zero-order chi connectivity index (χ0) is 62.7. The van der Waals surface area contributed by atoms with E-state index in [9.17, 15) is 86.5 Å². The number of aliphatic hydroxyl groups excluding tert-OH is 16. The van der Waals surface area contributed by atoms with Gasteiger partial charge in [-0.15, -0.1) is 0 Å². The average Bonchev–Trinajstić information content (AvgIpc) is 1.46. The molecule has 0 aromatic heterocycles. The predicted molar refractivity (Wildman–Crippen MR) is 289 cm³/mol. The van der Waals surface area contributed by atoms with E-state index < -0.39 is 201 Å². The number of fused-ring (bicyclic) bond motifs is 2. The molecule has 5 saturated carbocycles. The van der Waals surface area contributed by atoms with E-state index in [0.29, 0.717) is 38.5 Å². The summed E-state index contributed by atoms with van der Waals surface area (Å²) in [4.78, 5) is 14.9. The average molecular weight is 1240 g/mol. The molecule has 2 spiro atoms. The molecular formula is C59H96O27.